The SMILES string of the molecule is C#C[C@@H]1C[C@H](CC(=O)O)OC(C)(C)O1.C#C[C@@H]1C[C@H](CC(=O)O)OC(C)(C)O1.C#C[C@@H]1C[C@H](CC(=O)[O-])OC(C)(C)O1.C#C[C@@H]1C[C@H](CC(C)=O)OC(C)(C)O1.C=C[C@@H]1C[C@H](CC(=O)OCC)OC(C)(C)O1.CCOC(=O)CC(=O)CC(O)C#C[Si](C)(C)C.CCOC(=O)C[C@H](O)C[C@H](O)C#C[Si](C)(C)C.CCOC(=O)C[C@H]1C[C@@H](C#C[Si](C)(C)C)OC(C)(C)O1.C[C@H]([NH3+])c1cccc2ccccc12.C[Si](C)(C)C#CC=O. The number of aliphatic hydroxyl groups is 3. The van der Waals surface area contributed by atoms with Gasteiger partial charge >= 0.3 is 35.8 Å². The number of ketones is 2. The maximum Gasteiger partial charge on any atom is 0.313 e. The third-order valence-corrected chi connectivity index (χ3v) is 22.8. The van der Waals surface area contributed by atoms with Crippen LogP contribution < -0.4 is 10.8 Å². The minimum absolute atomic E-state index is 0.0367. The summed E-state index contributed by atoms with van der Waals surface area (Å²) in [7, 11) is -5.75. The maximum absolute atomic E-state index is 11.6. The van der Waals surface area contributed by atoms with Crippen LogP contribution in [0.5, 0.6) is 0 Å². The lowest BCUT2D eigenvalue weighted by Crippen LogP contribution is -2.51. The maximum atomic E-state index is 11.6. The van der Waals surface area contributed by atoms with E-state index in [9.17, 15) is 68.4 Å². The predicted molar refractivity (Wildman–Crippen MR) is 569 cm³/mol. The standard InChI is InChI=1S/C15H26O4Si.C12H13N.C12H22O4Si.C12H20O4Si.C12H20O4.C11H16O3.3C10H14O4.C6H10OSi/c1-7-17-14(16)11-13-10-12(8-9-20(4,5)6)18-15(2,3)19-13;1-9(13)11-8-4-6-10-5-2-3-7-12(10)11;2*1-5-16-12(15)9-11(14)8-10(13)6-7-17(2,3)4;1-5-9-7-10(8-11(13)14-6-2)16-12(3,4)15-9;1-5-9-7-10(6-8(2)12)14-11(3,4)13-9;3*1-4-7-5-8(6-9(11)12)14-10(2,3)13-7;1-8(2,3)6-4-5-7/h12-13H,7,10-11H2,1-6H3;2-9H,13H2,1H3;10-11,13-14H,5,8-9H2,1-4H3;10,13H,5,8-9H2,1-4H3;5,9-10H,1,6-8H2,2-4H3;1,9-10H,6-7H2,2-4H3;3*1,7-8H,5-6H2,2-3H3,(H,11,12);5H,1-3H3/t12-,13-;9-;10-,11-;;9-,10-;9-,10+;3*7-,8-;/m101.11111./s1. The molecule has 0 saturated carbocycles. The highest BCUT2D eigenvalue weighted by Crippen LogP contribution is 2.35. The summed E-state index contributed by atoms with van der Waals surface area (Å²) in [5, 5.41) is 58.9. The molecule has 0 bridgehead atoms. The van der Waals surface area contributed by atoms with Crippen LogP contribution in [0.1, 0.15) is 239 Å². The summed E-state index contributed by atoms with van der Waals surface area (Å²) in [6, 6.07) is 15.2. The van der Waals surface area contributed by atoms with Crippen LogP contribution in [-0.2, 0) is 124 Å². The van der Waals surface area contributed by atoms with Crippen molar-refractivity contribution in [3.63, 3.8) is 0 Å². The molecule has 2 aromatic rings. The lowest BCUT2D eigenvalue weighted by Gasteiger charge is -2.39. The Bertz CT molecular complexity index is 4670. The third kappa shape index (κ3) is 72.5. The number of carbonyl (C=O) groups is 10. The average molecular weight is 2130 g/mol. The van der Waals surface area contributed by atoms with Crippen LogP contribution in [-0.4, -0.2) is 270 Å². The number of carbonyl (C=O) groups excluding carboxylic acids is 8. The molecule has 6 saturated heterocycles. The number of carboxylic acids is 3. The number of hydrogen-bond donors (Lipinski definition) is 6. The Morgan fingerprint density at radius 1 is 0.449 bits per heavy atom. The molecule has 0 radical (unpaired) electrons. The molecule has 0 amide bonds. The van der Waals surface area contributed by atoms with Crippen molar-refractivity contribution in [3.05, 3.63) is 60.7 Å². The molecule has 6 aliphatic rings. The van der Waals surface area contributed by atoms with Crippen LogP contribution in [0.15, 0.2) is 55.1 Å². The lowest BCUT2D eigenvalue weighted by atomic mass is 10.0. The number of aliphatic carboxylic acids is 3. The molecule has 6 heterocycles. The van der Waals surface area contributed by atoms with Gasteiger partial charge in [-0.1, -0.05) is 169 Å². The van der Waals surface area contributed by atoms with E-state index < -0.39 is 121 Å². The van der Waals surface area contributed by atoms with Gasteiger partial charge in [0, 0.05) is 75.7 Å². The number of ether oxygens (including phenoxy) is 16. The first-order valence-corrected chi connectivity index (χ1v) is 63.4. The molecular formula is C110H169NO32Si4. The highest BCUT2D eigenvalue weighted by molar-refractivity contribution is 6.85. The van der Waals surface area contributed by atoms with Crippen LogP contribution in [0.4, 0.5) is 0 Å². The Morgan fingerprint density at radius 3 is 1.13 bits per heavy atom. The van der Waals surface area contributed by atoms with Gasteiger partial charge in [0.15, 0.2) is 41.0 Å². The monoisotopic (exact) mass is 2130 g/mol. The second kappa shape index (κ2) is 68.3. The van der Waals surface area contributed by atoms with E-state index in [1.807, 2.05) is 61.2 Å². The number of rotatable bonds is 26. The van der Waals surface area contributed by atoms with Gasteiger partial charge in [-0.2, -0.15) is 0 Å². The Balaban J connectivity index is 0. The molecule has 8 N–H and O–H groups in total. The zero-order chi connectivity index (χ0) is 113. The fourth-order valence-electron chi connectivity index (χ4n) is 14.1. The number of terminal acetylenes is 4. The summed E-state index contributed by atoms with van der Waals surface area (Å²) in [4.78, 5) is 108. The molecule has 0 spiro atoms. The van der Waals surface area contributed by atoms with E-state index in [-0.39, 0.29) is 155 Å². The summed E-state index contributed by atoms with van der Waals surface area (Å²) in [5.74, 6) is 11.8. The van der Waals surface area contributed by atoms with E-state index >= 15 is 0 Å². The molecule has 2 aromatic carbocycles. The van der Waals surface area contributed by atoms with Crippen LogP contribution in [0.2, 0.25) is 78.6 Å². The van der Waals surface area contributed by atoms with Crippen LogP contribution in [0.25, 0.3) is 10.8 Å². The van der Waals surface area contributed by atoms with E-state index in [0.717, 1.165) is 0 Å². The topological polar surface area (TPSA) is 470 Å². The number of esters is 4. The molecular weight excluding hydrogens is 1960 g/mol. The van der Waals surface area contributed by atoms with Gasteiger partial charge in [0.25, 0.3) is 0 Å². The molecule has 37 heteroatoms. The highest BCUT2D eigenvalue weighted by atomic mass is 28.3. The second-order valence-corrected chi connectivity index (χ2v) is 60.9. The first-order chi connectivity index (χ1) is 67.6. The molecule has 0 aliphatic carbocycles. The summed E-state index contributed by atoms with van der Waals surface area (Å²) in [6.45, 7) is 62.3. The zero-order valence-corrected chi connectivity index (χ0v) is 96.6. The molecule has 16 atom stereocenters. The van der Waals surface area contributed by atoms with E-state index in [2.05, 4.69) is 195 Å². The Labute approximate surface area is 878 Å². The van der Waals surface area contributed by atoms with Gasteiger partial charge in [-0.25, -0.2) is 0 Å². The average Bonchev–Trinajstić information content (AvgIpc) is 0.839. The molecule has 0 aromatic heterocycles. The van der Waals surface area contributed by atoms with Crippen LogP contribution in [0.3, 0.4) is 0 Å². The van der Waals surface area contributed by atoms with Crippen LogP contribution in [0, 0.1) is 95.2 Å². The molecule has 147 heavy (non-hydrogen) atoms. The number of quaternary nitrogens is 1. The predicted octanol–water partition coefficient (Wildman–Crippen LogP) is 13.2. The molecule has 822 valence electrons. The van der Waals surface area contributed by atoms with E-state index in [1.54, 1.807) is 82.2 Å². The van der Waals surface area contributed by atoms with Gasteiger partial charge in [-0.3, -0.25) is 43.2 Å². The minimum Gasteiger partial charge on any atom is -0.550 e. The number of aliphatic hydroxyl groups excluding tert-OH is 3. The third-order valence-electron chi connectivity index (χ3n) is 19.2. The van der Waals surface area contributed by atoms with Crippen molar-refractivity contribution in [3.8, 4) is 95.2 Å². The van der Waals surface area contributed by atoms with Gasteiger partial charge in [0.2, 0.25) is 0 Å². The Kier molecular flexibility index (Phi) is 64.8. The van der Waals surface area contributed by atoms with Crippen molar-refractivity contribution >= 4 is 103 Å². The number of carboxylic acid groups (broad SMARTS) is 3. The van der Waals surface area contributed by atoms with Crippen molar-refractivity contribution in [2.24, 2.45) is 0 Å². The fourth-order valence-corrected chi connectivity index (χ4v) is 16.4. The molecule has 33 nitrogen and oxygen atoms in total. The molecule has 8 rings (SSSR count). The quantitative estimate of drug-likeness (QED) is 0.00969. The van der Waals surface area contributed by atoms with Crippen molar-refractivity contribution in [1.82, 2.24) is 0 Å². The van der Waals surface area contributed by atoms with Crippen molar-refractivity contribution < 1.29 is 160 Å². The number of hydrogen-bond acceptors (Lipinski definition) is 30. The van der Waals surface area contributed by atoms with Crippen molar-refractivity contribution in [1.29, 1.82) is 0 Å². The van der Waals surface area contributed by atoms with E-state index in [0.29, 0.717) is 77.1 Å². The number of aldehydes is 1. The molecule has 6 aliphatic heterocycles. The molecule has 1 unspecified atom stereocenters. The summed E-state index contributed by atoms with van der Waals surface area (Å²) in [6.07, 6.45) is 20.8. The Morgan fingerprint density at radius 2 is 0.782 bits per heavy atom. The number of fused-ring (bicyclic) bond motifs is 1. The summed E-state index contributed by atoms with van der Waals surface area (Å²) < 4.78 is 85.4. The zero-order valence-electron chi connectivity index (χ0n) is 92.6. The first-order valence-electron chi connectivity index (χ1n) is 49.4. The van der Waals surface area contributed by atoms with E-state index in [1.165, 1.54) is 16.3 Å². The van der Waals surface area contributed by atoms with E-state index in [4.69, 9.17) is 107 Å². The van der Waals surface area contributed by atoms with Gasteiger partial charge in [-0.05, 0) is 141 Å². The minimum atomic E-state index is -1.54. The van der Waals surface area contributed by atoms with Crippen LogP contribution >= 0.6 is 0 Å². The Hall–Kier alpha value is -9.55. The number of benzene rings is 2. The fraction of sp³-hybridized carbons (Fsp3) is 0.655. The van der Waals surface area contributed by atoms with Gasteiger partial charge in [0.1, 0.15) is 99.1 Å². The van der Waals surface area contributed by atoms with Gasteiger partial charge in [-0.15, -0.1) is 54.4 Å². The molecule has 6 fully saturated rings. The summed E-state index contributed by atoms with van der Waals surface area (Å²) in [5.41, 5.74) is 17.6. The number of Topliss-reactive ketones (excluding diaryl/α,β-unsaturated/α-hetero) is 2. The van der Waals surface area contributed by atoms with Gasteiger partial charge < -0.3 is 117 Å². The largest absolute Gasteiger partial charge is 0.550 e. The smallest absolute Gasteiger partial charge is 0.313 e. The van der Waals surface area contributed by atoms with Crippen molar-refractivity contribution in [2.45, 2.75) is 438 Å². The summed E-state index contributed by atoms with van der Waals surface area (Å²) >= 11 is 0. The lowest BCUT2D eigenvalue weighted by molar-refractivity contribution is -0.420. The van der Waals surface area contributed by atoms with Gasteiger partial charge in [0.05, 0.1) is 107 Å². The second-order valence-electron chi connectivity index (χ2n) is 41.9. The first kappa shape index (κ1) is 139. The van der Waals surface area contributed by atoms with Crippen molar-refractivity contribution in [2.75, 3.05) is 26.4 Å². The highest BCUT2D eigenvalue weighted by Gasteiger charge is 2.42. The normalized spacial score (nSPS) is 23.0.